The average Bonchev–Trinajstić information content (AvgIpc) is 3.28. The SMILES string of the molecule is CN(c1c(C(=O)N[C@H]2CCOc3ccccc32)cnc2c(-c3cc(F)cc(F)c3F)c(F)ccc12)C1COCCOC1. The first-order valence-electron chi connectivity index (χ1n) is 13.5. The number of amides is 1. The van der Waals surface area contributed by atoms with Crippen LogP contribution in [-0.4, -0.2) is 57.0 Å². The fourth-order valence-corrected chi connectivity index (χ4v) is 5.51. The molecule has 1 aromatic heterocycles. The molecular formula is C31H27F4N3O4. The van der Waals surface area contributed by atoms with Crippen LogP contribution in [0.15, 0.2) is 54.7 Å². The van der Waals surface area contributed by atoms with Crippen LogP contribution in [0.1, 0.15) is 28.4 Å². The van der Waals surface area contributed by atoms with E-state index in [1.54, 1.807) is 11.9 Å². The van der Waals surface area contributed by atoms with E-state index >= 15 is 4.39 Å². The molecule has 3 aromatic carbocycles. The van der Waals surface area contributed by atoms with Crippen molar-refractivity contribution < 1.29 is 36.6 Å². The molecule has 0 unspecified atom stereocenters. The Kier molecular flexibility index (Phi) is 7.70. The number of carbonyl (C=O) groups excluding carboxylic acids is 1. The monoisotopic (exact) mass is 581 g/mol. The summed E-state index contributed by atoms with van der Waals surface area (Å²) >= 11 is 0. The fourth-order valence-electron chi connectivity index (χ4n) is 5.51. The maximum Gasteiger partial charge on any atom is 0.255 e. The third-order valence-corrected chi connectivity index (χ3v) is 7.62. The summed E-state index contributed by atoms with van der Waals surface area (Å²) < 4.78 is 75.7. The molecule has 11 heteroatoms. The van der Waals surface area contributed by atoms with Crippen LogP contribution in [0.25, 0.3) is 22.0 Å². The van der Waals surface area contributed by atoms with Crippen LogP contribution in [0.4, 0.5) is 23.2 Å². The molecule has 1 amide bonds. The summed E-state index contributed by atoms with van der Waals surface area (Å²) in [5.74, 6) is -4.63. The quantitative estimate of drug-likeness (QED) is 0.246. The zero-order chi connectivity index (χ0) is 29.4. The lowest BCUT2D eigenvalue weighted by molar-refractivity contribution is 0.0924. The van der Waals surface area contributed by atoms with E-state index in [1.165, 1.54) is 12.3 Å². The Balaban J connectivity index is 1.51. The van der Waals surface area contributed by atoms with Gasteiger partial charge in [0.1, 0.15) is 17.4 Å². The molecule has 7 nitrogen and oxygen atoms in total. The number of nitrogens with zero attached hydrogens (tertiary/aromatic N) is 2. The van der Waals surface area contributed by atoms with Gasteiger partial charge in [-0.3, -0.25) is 9.78 Å². The molecule has 0 aliphatic carbocycles. The highest BCUT2D eigenvalue weighted by atomic mass is 19.2. The van der Waals surface area contributed by atoms with Crippen LogP contribution >= 0.6 is 0 Å². The van der Waals surface area contributed by atoms with Crippen LogP contribution in [0.5, 0.6) is 5.75 Å². The Morgan fingerprint density at radius 1 is 0.976 bits per heavy atom. The molecule has 4 aromatic rings. The number of benzene rings is 3. The van der Waals surface area contributed by atoms with Crippen LogP contribution in [0, 0.1) is 23.3 Å². The summed E-state index contributed by atoms with van der Waals surface area (Å²) in [6, 6.07) is 10.3. The predicted octanol–water partition coefficient (Wildman–Crippen LogP) is 5.56. The second-order valence-electron chi connectivity index (χ2n) is 10.2. The maximum atomic E-state index is 15.3. The summed E-state index contributed by atoms with van der Waals surface area (Å²) in [4.78, 5) is 20.0. The minimum atomic E-state index is -1.46. The third kappa shape index (κ3) is 5.14. The molecule has 2 aliphatic rings. The Labute approximate surface area is 239 Å². The number of anilines is 1. The second kappa shape index (κ2) is 11.6. The second-order valence-corrected chi connectivity index (χ2v) is 10.2. The smallest absolute Gasteiger partial charge is 0.255 e. The normalized spacial score (nSPS) is 17.3. The van der Waals surface area contributed by atoms with E-state index in [0.717, 1.165) is 17.7 Å². The molecule has 0 saturated carbocycles. The van der Waals surface area contributed by atoms with Crippen molar-refractivity contribution in [3.05, 3.63) is 89.1 Å². The van der Waals surface area contributed by atoms with Gasteiger partial charge in [-0.1, -0.05) is 18.2 Å². The van der Waals surface area contributed by atoms with Gasteiger partial charge in [0.05, 0.1) is 61.9 Å². The molecule has 1 fully saturated rings. The molecule has 218 valence electrons. The number of nitrogens with one attached hydrogen (secondary N) is 1. The largest absolute Gasteiger partial charge is 0.493 e. The molecule has 1 saturated heterocycles. The van der Waals surface area contributed by atoms with Gasteiger partial charge in [-0.2, -0.15) is 0 Å². The molecule has 1 atom stereocenters. The zero-order valence-corrected chi connectivity index (χ0v) is 22.6. The van der Waals surface area contributed by atoms with E-state index in [-0.39, 0.29) is 41.8 Å². The molecule has 0 bridgehead atoms. The van der Waals surface area contributed by atoms with Crippen molar-refractivity contribution in [2.24, 2.45) is 0 Å². The highest BCUT2D eigenvalue weighted by molar-refractivity contribution is 6.10. The van der Waals surface area contributed by atoms with E-state index in [4.69, 9.17) is 14.2 Å². The van der Waals surface area contributed by atoms with Gasteiger partial charge in [-0.05, 0) is 24.3 Å². The standard InChI is InChI=1S/C31H27F4N3O4/c1-38(18-15-40-10-11-41-16-18)30-20-6-7-23(33)27(21-12-17(32)13-24(34)28(21)35)29(20)36-14-22(30)31(39)37-25-8-9-42-26-5-3-2-4-19(25)26/h2-7,12-14,18,25H,8-11,15-16H2,1H3,(H,37,39)/t25-/m0/s1. The van der Waals surface area contributed by atoms with Crippen LogP contribution in [0.3, 0.4) is 0 Å². The van der Waals surface area contributed by atoms with Crippen molar-refractivity contribution in [2.45, 2.75) is 18.5 Å². The lowest BCUT2D eigenvalue weighted by Gasteiger charge is -2.32. The highest BCUT2D eigenvalue weighted by Gasteiger charge is 2.30. The number of hydrogen-bond donors (Lipinski definition) is 1. The molecule has 1 N–H and O–H groups in total. The molecule has 3 heterocycles. The number of ether oxygens (including phenoxy) is 3. The van der Waals surface area contributed by atoms with Crippen molar-refractivity contribution in [1.29, 1.82) is 0 Å². The minimum absolute atomic E-state index is 0.0656. The van der Waals surface area contributed by atoms with Gasteiger partial charge >= 0.3 is 0 Å². The fraction of sp³-hybridized carbons (Fsp3) is 0.290. The van der Waals surface area contributed by atoms with Crippen LogP contribution in [0.2, 0.25) is 0 Å². The Morgan fingerprint density at radius 3 is 2.52 bits per heavy atom. The number of pyridine rings is 1. The first-order chi connectivity index (χ1) is 20.3. The maximum absolute atomic E-state index is 15.3. The molecule has 2 aliphatic heterocycles. The first-order valence-corrected chi connectivity index (χ1v) is 13.5. The van der Waals surface area contributed by atoms with Gasteiger partial charge in [0, 0.05) is 47.8 Å². The van der Waals surface area contributed by atoms with E-state index in [9.17, 15) is 18.0 Å². The van der Waals surface area contributed by atoms with E-state index < -0.39 is 40.3 Å². The lowest BCUT2D eigenvalue weighted by atomic mass is 9.97. The Bertz CT molecular complexity index is 1660. The van der Waals surface area contributed by atoms with Gasteiger partial charge < -0.3 is 24.4 Å². The topological polar surface area (TPSA) is 72.9 Å². The number of fused-ring (bicyclic) bond motifs is 2. The zero-order valence-electron chi connectivity index (χ0n) is 22.6. The van der Waals surface area contributed by atoms with Gasteiger partial charge in [-0.15, -0.1) is 0 Å². The lowest BCUT2D eigenvalue weighted by Crippen LogP contribution is -2.40. The number of likely N-dealkylation sites (N-methyl/N-ethyl adjacent to an activating group) is 1. The van der Waals surface area contributed by atoms with Gasteiger partial charge in [0.2, 0.25) is 0 Å². The highest BCUT2D eigenvalue weighted by Crippen LogP contribution is 2.39. The summed E-state index contributed by atoms with van der Waals surface area (Å²) in [5.41, 5.74) is 0.256. The molecule has 0 radical (unpaired) electrons. The predicted molar refractivity (Wildman–Crippen MR) is 148 cm³/mol. The molecular weight excluding hydrogens is 554 g/mol. The van der Waals surface area contributed by atoms with Gasteiger partial charge in [0.25, 0.3) is 5.91 Å². The Morgan fingerprint density at radius 2 is 1.74 bits per heavy atom. The number of para-hydroxylation sites is 1. The van der Waals surface area contributed by atoms with Crippen LogP contribution < -0.4 is 15.0 Å². The third-order valence-electron chi connectivity index (χ3n) is 7.62. The van der Waals surface area contributed by atoms with Gasteiger partial charge in [-0.25, -0.2) is 17.6 Å². The number of hydrogen-bond acceptors (Lipinski definition) is 6. The van der Waals surface area contributed by atoms with E-state index in [1.807, 2.05) is 24.3 Å². The Hall–Kier alpha value is -4.22. The number of aromatic nitrogens is 1. The van der Waals surface area contributed by atoms with E-state index in [2.05, 4.69) is 10.3 Å². The summed E-state index contributed by atoms with van der Waals surface area (Å²) in [6.45, 7) is 1.79. The summed E-state index contributed by atoms with van der Waals surface area (Å²) in [7, 11) is 1.74. The van der Waals surface area contributed by atoms with Crippen molar-refractivity contribution in [1.82, 2.24) is 10.3 Å². The van der Waals surface area contributed by atoms with Crippen molar-refractivity contribution in [2.75, 3.05) is 45.0 Å². The minimum Gasteiger partial charge on any atom is -0.493 e. The molecule has 6 rings (SSSR count). The van der Waals surface area contributed by atoms with Crippen LogP contribution in [-0.2, 0) is 9.47 Å². The molecule has 42 heavy (non-hydrogen) atoms. The van der Waals surface area contributed by atoms with Gasteiger partial charge in [0.15, 0.2) is 11.6 Å². The average molecular weight is 582 g/mol. The molecule has 0 spiro atoms. The summed E-state index contributed by atoms with van der Waals surface area (Å²) in [5, 5.41) is 3.35. The first kappa shape index (κ1) is 27.9. The van der Waals surface area contributed by atoms with Crippen molar-refractivity contribution in [3.8, 4) is 16.9 Å². The summed E-state index contributed by atoms with van der Waals surface area (Å²) in [6.07, 6.45) is 1.81. The van der Waals surface area contributed by atoms with Crippen molar-refractivity contribution in [3.63, 3.8) is 0 Å². The number of carbonyl (C=O) groups is 1. The van der Waals surface area contributed by atoms with E-state index in [0.29, 0.717) is 43.7 Å². The van der Waals surface area contributed by atoms with Crippen molar-refractivity contribution >= 4 is 22.5 Å². The number of rotatable bonds is 5. The number of halogens is 4.